The number of para-hydroxylation sites is 1. The maximum absolute atomic E-state index is 12.5. The Morgan fingerprint density at radius 1 is 1.05 bits per heavy atom. The number of rotatable bonds is 2. The summed E-state index contributed by atoms with van der Waals surface area (Å²) in [7, 11) is 0. The number of benzene rings is 2. The molecule has 2 N–H and O–H groups in total. The maximum Gasteiger partial charge on any atom is 0.251 e. The molecule has 0 aliphatic carbocycles. The molecule has 0 spiro atoms. The van der Waals surface area contributed by atoms with Crippen LogP contribution in [0.1, 0.15) is 18.1 Å². The molecule has 3 rings (SSSR count). The van der Waals surface area contributed by atoms with Gasteiger partial charge >= 0.3 is 0 Å². The van der Waals surface area contributed by atoms with E-state index in [-0.39, 0.29) is 5.91 Å². The fourth-order valence-corrected chi connectivity index (χ4v) is 2.58. The van der Waals surface area contributed by atoms with E-state index in [0.717, 1.165) is 16.8 Å². The molecule has 0 bridgehead atoms. The van der Waals surface area contributed by atoms with Gasteiger partial charge in [-0.25, -0.2) is 0 Å². The van der Waals surface area contributed by atoms with Gasteiger partial charge in [0.2, 0.25) is 0 Å². The van der Waals surface area contributed by atoms with Gasteiger partial charge in [0.1, 0.15) is 5.54 Å². The Kier molecular flexibility index (Phi) is 2.64. The van der Waals surface area contributed by atoms with Crippen molar-refractivity contribution < 1.29 is 4.79 Å². The molecule has 96 valence electrons. The zero-order valence-electron chi connectivity index (χ0n) is 10.8. The lowest BCUT2D eigenvalue weighted by Gasteiger charge is -2.20. The number of carbonyl (C=O) groups excluding carboxylic acids is 1. The fourth-order valence-electron chi connectivity index (χ4n) is 2.58. The van der Waals surface area contributed by atoms with Gasteiger partial charge in [0.25, 0.3) is 5.91 Å². The highest BCUT2D eigenvalue weighted by molar-refractivity contribution is 6.07. The highest BCUT2D eigenvalue weighted by atomic mass is 16.2. The Hall–Kier alpha value is -2.13. The number of fused-ring (bicyclic) bond motifs is 1. The summed E-state index contributed by atoms with van der Waals surface area (Å²) in [5, 5.41) is 0. The van der Waals surface area contributed by atoms with Crippen molar-refractivity contribution in [3.63, 3.8) is 0 Å². The zero-order valence-corrected chi connectivity index (χ0v) is 10.8. The molecule has 0 saturated heterocycles. The molecule has 0 radical (unpaired) electrons. The third kappa shape index (κ3) is 1.83. The number of anilines is 1. The first kappa shape index (κ1) is 11.9. The summed E-state index contributed by atoms with van der Waals surface area (Å²) < 4.78 is 0. The Labute approximate surface area is 112 Å². The lowest BCUT2D eigenvalue weighted by molar-refractivity contribution is -0.122. The molecule has 0 saturated carbocycles. The minimum atomic E-state index is -0.925. The standard InChI is InChI=1S/C16H16N2O/c1-16(17)13-9-5-6-10-14(13)18(15(16)19)11-12-7-3-2-4-8-12/h2-10H,11,17H2,1H3/t16-/m0/s1. The monoisotopic (exact) mass is 252 g/mol. The molecule has 3 nitrogen and oxygen atoms in total. The largest absolute Gasteiger partial charge is 0.314 e. The molecular weight excluding hydrogens is 236 g/mol. The van der Waals surface area contributed by atoms with Gasteiger partial charge in [0.05, 0.1) is 6.54 Å². The van der Waals surface area contributed by atoms with E-state index in [0.29, 0.717) is 6.54 Å². The Bertz CT molecular complexity index is 620. The topological polar surface area (TPSA) is 46.3 Å². The first-order valence-electron chi connectivity index (χ1n) is 6.35. The maximum atomic E-state index is 12.5. The first-order chi connectivity index (χ1) is 9.10. The second-order valence-corrected chi connectivity index (χ2v) is 5.10. The summed E-state index contributed by atoms with van der Waals surface area (Å²) in [6.45, 7) is 2.34. The van der Waals surface area contributed by atoms with Crippen molar-refractivity contribution in [3.05, 3.63) is 65.7 Å². The number of nitrogens with two attached hydrogens (primary N) is 1. The van der Waals surface area contributed by atoms with Crippen LogP contribution in [-0.4, -0.2) is 5.91 Å². The van der Waals surface area contributed by atoms with Crippen LogP contribution >= 0.6 is 0 Å². The van der Waals surface area contributed by atoms with Crippen LogP contribution in [0.3, 0.4) is 0 Å². The number of nitrogens with zero attached hydrogens (tertiary/aromatic N) is 1. The van der Waals surface area contributed by atoms with E-state index in [1.165, 1.54) is 0 Å². The van der Waals surface area contributed by atoms with E-state index in [1.807, 2.05) is 54.6 Å². The minimum Gasteiger partial charge on any atom is -0.314 e. The number of hydrogen-bond donors (Lipinski definition) is 1. The van der Waals surface area contributed by atoms with Gasteiger partial charge in [-0.2, -0.15) is 0 Å². The lowest BCUT2D eigenvalue weighted by Crippen LogP contribution is -2.44. The molecule has 2 aromatic carbocycles. The molecule has 0 fully saturated rings. The summed E-state index contributed by atoms with van der Waals surface area (Å²) in [6, 6.07) is 17.7. The Balaban J connectivity index is 2.02. The van der Waals surface area contributed by atoms with Crippen molar-refractivity contribution in [3.8, 4) is 0 Å². The third-order valence-electron chi connectivity index (χ3n) is 3.63. The lowest BCUT2D eigenvalue weighted by atomic mass is 9.95. The van der Waals surface area contributed by atoms with Crippen molar-refractivity contribution in [2.75, 3.05) is 4.90 Å². The zero-order chi connectivity index (χ0) is 13.5. The second-order valence-electron chi connectivity index (χ2n) is 5.10. The molecule has 2 aromatic rings. The van der Waals surface area contributed by atoms with Gasteiger partial charge in [-0.1, -0.05) is 48.5 Å². The van der Waals surface area contributed by atoms with E-state index >= 15 is 0 Å². The van der Waals surface area contributed by atoms with Gasteiger partial charge in [-0.15, -0.1) is 0 Å². The third-order valence-corrected chi connectivity index (χ3v) is 3.63. The van der Waals surface area contributed by atoms with E-state index in [9.17, 15) is 4.79 Å². The van der Waals surface area contributed by atoms with Crippen LogP contribution in [0.2, 0.25) is 0 Å². The van der Waals surface area contributed by atoms with E-state index in [2.05, 4.69) is 0 Å². The molecule has 0 unspecified atom stereocenters. The van der Waals surface area contributed by atoms with Gasteiger partial charge in [0, 0.05) is 11.3 Å². The Morgan fingerprint density at radius 3 is 2.42 bits per heavy atom. The average molecular weight is 252 g/mol. The van der Waals surface area contributed by atoms with E-state index < -0.39 is 5.54 Å². The molecule has 3 heteroatoms. The predicted octanol–water partition coefficient (Wildman–Crippen LogP) is 2.41. The highest BCUT2D eigenvalue weighted by Gasteiger charge is 2.44. The fraction of sp³-hybridized carbons (Fsp3) is 0.188. The molecule has 1 heterocycles. The summed E-state index contributed by atoms with van der Waals surface area (Å²) in [5.41, 5.74) is 8.18. The molecular formula is C16H16N2O. The quantitative estimate of drug-likeness (QED) is 0.892. The van der Waals surface area contributed by atoms with E-state index in [4.69, 9.17) is 5.73 Å². The van der Waals surface area contributed by atoms with Crippen molar-refractivity contribution in [1.82, 2.24) is 0 Å². The average Bonchev–Trinajstić information content (AvgIpc) is 2.62. The van der Waals surface area contributed by atoms with Crippen LogP contribution in [0.5, 0.6) is 0 Å². The van der Waals surface area contributed by atoms with Gasteiger partial charge in [-0.05, 0) is 18.6 Å². The van der Waals surface area contributed by atoms with Crippen molar-refractivity contribution in [1.29, 1.82) is 0 Å². The van der Waals surface area contributed by atoms with Crippen LogP contribution in [-0.2, 0) is 16.9 Å². The van der Waals surface area contributed by atoms with Crippen molar-refractivity contribution >= 4 is 11.6 Å². The molecule has 19 heavy (non-hydrogen) atoms. The minimum absolute atomic E-state index is 0.0439. The Morgan fingerprint density at radius 2 is 1.68 bits per heavy atom. The molecule has 1 aliphatic rings. The van der Waals surface area contributed by atoms with Crippen LogP contribution < -0.4 is 10.6 Å². The van der Waals surface area contributed by atoms with E-state index in [1.54, 1.807) is 11.8 Å². The van der Waals surface area contributed by atoms with Crippen LogP contribution in [0, 0.1) is 0 Å². The normalized spacial score (nSPS) is 21.6. The molecule has 1 amide bonds. The van der Waals surface area contributed by atoms with Crippen LogP contribution in [0.4, 0.5) is 5.69 Å². The SMILES string of the molecule is C[C@@]1(N)C(=O)N(Cc2ccccc2)c2ccccc21. The van der Waals surface area contributed by atoms with Crippen molar-refractivity contribution in [2.45, 2.75) is 19.0 Å². The summed E-state index contributed by atoms with van der Waals surface area (Å²) in [4.78, 5) is 14.3. The second kappa shape index (κ2) is 4.21. The number of carbonyl (C=O) groups is 1. The molecule has 0 aromatic heterocycles. The predicted molar refractivity (Wildman–Crippen MR) is 75.6 cm³/mol. The summed E-state index contributed by atoms with van der Waals surface area (Å²) in [5.74, 6) is -0.0439. The molecule has 1 atom stereocenters. The first-order valence-corrected chi connectivity index (χ1v) is 6.35. The van der Waals surface area contributed by atoms with Crippen molar-refractivity contribution in [2.24, 2.45) is 5.73 Å². The smallest absolute Gasteiger partial charge is 0.251 e. The number of hydrogen-bond acceptors (Lipinski definition) is 2. The molecule has 1 aliphatic heterocycles. The summed E-state index contributed by atoms with van der Waals surface area (Å²) in [6.07, 6.45) is 0. The van der Waals surface area contributed by atoms with Crippen LogP contribution in [0.25, 0.3) is 0 Å². The number of amides is 1. The van der Waals surface area contributed by atoms with Crippen LogP contribution in [0.15, 0.2) is 54.6 Å². The highest BCUT2D eigenvalue weighted by Crippen LogP contribution is 2.38. The summed E-state index contributed by atoms with van der Waals surface area (Å²) >= 11 is 0. The van der Waals surface area contributed by atoms with Gasteiger partial charge in [-0.3, -0.25) is 4.79 Å². The van der Waals surface area contributed by atoms with Gasteiger partial charge in [0.15, 0.2) is 0 Å². The van der Waals surface area contributed by atoms with Gasteiger partial charge < -0.3 is 10.6 Å².